The smallest absolute Gasteiger partial charge is 0.0406 e. The van der Waals surface area contributed by atoms with Crippen molar-refractivity contribution in [1.29, 1.82) is 0 Å². The Morgan fingerprint density at radius 3 is 2.33 bits per heavy atom. The second-order valence-corrected chi connectivity index (χ2v) is 7.01. The van der Waals surface area contributed by atoms with Crippen molar-refractivity contribution in [1.82, 2.24) is 5.32 Å². The van der Waals surface area contributed by atoms with Gasteiger partial charge < -0.3 is 5.32 Å². The van der Waals surface area contributed by atoms with Crippen molar-refractivity contribution < 1.29 is 0 Å². The average Bonchev–Trinajstić information content (AvgIpc) is 3.09. The SMILES string of the molecule is CC(C)(C)C(CNC1CC1)Cc1ccc(Cl)cc1. The molecule has 1 aromatic rings. The molecule has 0 aromatic heterocycles. The van der Waals surface area contributed by atoms with Crippen LogP contribution in [0.3, 0.4) is 0 Å². The maximum Gasteiger partial charge on any atom is 0.0406 e. The molecule has 2 rings (SSSR count). The van der Waals surface area contributed by atoms with Crippen LogP contribution in [0.4, 0.5) is 0 Å². The first kappa shape index (κ1) is 13.9. The quantitative estimate of drug-likeness (QED) is 0.837. The summed E-state index contributed by atoms with van der Waals surface area (Å²) in [4.78, 5) is 0. The third kappa shape index (κ3) is 4.29. The monoisotopic (exact) mass is 265 g/mol. The van der Waals surface area contributed by atoms with Crippen LogP contribution >= 0.6 is 11.6 Å². The molecule has 1 aliphatic rings. The highest BCUT2D eigenvalue weighted by Gasteiger charge is 2.28. The normalized spacial score (nSPS) is 17.8. The van der Waals surface area contributed by atoms with Gasteiger partial charge in [0.05, 0.1) is 0 Å². The van der Waals surface area contributed by atoms with Gasteiger partial charge in [-0.15, -0.1) is 0 Å². The van der Waals surface area contributed by atoms with E-state index in [1.807, 2.05) is 12.1 Å². The van der Waals surface area contributed by atoms with Crippen molar-refractivity contribution >= 4 is 11.6 Å². The van der Waals surface area contributed by atoms with Crippen LogP contribution in [0.1, 0.15) is 39.2 Å². The van der Waals surface area contributed by atoms with Crippen LogP contribution in [-0.2, 0) is 6.42 Å². The van der Waals surface area contributed by atoms with Gasteiger partial charge in [-0.25, -0.2) is 0 Å². The van der Waals surface area contributed by atoms with Gasteiger partial charge in [-0.3, -0.25) is 0 Å². The summed E-state index contributed by atoms with van der Waals surface area (Å²) in [6.45, 7) is 8.13. The number of hydrogen-bond donors (Lipinski definition) is 1. The Hall–Kier alpha value is -0.530. The first-order chi connectivity index (χ1) is 8.45. The molecule has 1 saturated carbocycles. The zero-order valence-electron chi connectivity index (χ0n) is 11.7. The zero-order valence-corrected chi connectivity index (χ0v) is 12.4. The third-order valence-electron chi connectivity index (χ3n) is 3.85. The van der Waals surface area contributed by atoms with Gasteiger partial charge in [0.1, 0.15) is 0 Å². The number of hydrogen-bond acceptors (Lipinski definition) is 1. The highest BCUT2D eigenvalue weighted by molar-refractivity contribution is 6.30. The van der Waals surface area contributed by atoms with Crippen molar-refractivity contribution in [2.45, 2.75) is 46.1 Å². The van der Waals surface area contributed by atoms with E-state index in [2.05, 4.69) is 38.2 Å². The van der Waals surface area contributed by atoms with Crippen LogP contribution in [0.25, 0.3) is 0 Å². The molecule has 1 fully saturated rings. The van der Waals surface area contributed by atoms with Crippen molar-refractivity contribution in [3.63, 3.8) is 0 Å². The lowest BCUT2D eigenvalue weighted by molar-refractivity contribution is 0.230. The molecule has 0 bridgehead atoms. The van der Waals surface area contributed by atoms with E-state index >= 15 is 0 Å². The van der Waals surface area contributed by atoms with Crippen LogP contribution in [-0.4, -0.2) is 12.6 Å². The van der Waals surface area contributed by atoms with Crippen molar-refractivity contribution in [3.05, 3.63) is 34.9 Å². The molecule has 0 amide bonds. The molecule has 1 unspecified atom stereocenters. The minimum atomic E-state index is 0.335. The van der Waals surface area contributed by atoms with Crippen LogP contribution in [0.15, 0.2) is 24.3 Å². The molecule has 1 atom stereocenters. The fraction of sp³-hybridized carbons (Fsp3) is 0.625. The largest absolute Gasteiger partial charge is 0.314 e. The van der Waals surface area contributed by atoms with E-state index in [1.54, 1.807) is 0 Å². The van der Waals surface area contributed by atoms with Crippen molar-refractivity contribution in [2.75, 3.05) is 6.54 Å². The third-order valence-corrected chi connectivity index (χ3v) is 4.10. The molecule has 1 aromatic carbocycles. The second kappa shape index (κ2) is 5.63. The number of nitrogens with one attached hydrogen (secondary N) is 1. The molecule has 0 aliphatic heterocycles. The first-order valence-corrected chi connectivity index (χ1v) is 7.31. The molecule has 0 saturated heterocycles. The minimum absolute atomic E-state index is 0.335. The lowest BCUT2D eigenvalue weighted by Crippen LogP contribution is -2.34. The number of rotatable bonds is 5. The van der Waals surface area contributed by atoms with Crippen LogP contribution in [0.2, 0.25) is 5.02 Å². The van der Waals surface area contributed by atoms with Crippen LogP contribution in [0.5, 0.6) is 0 Å². The summed E-state index contributed by atoms with van der Waals surface area (Å²) in [5, 5.41) is 4.49. The molecule has 2 heteroatoms. The molecule has 100 valence electrons. The highest BCUT2D eigenvalue weighted by atomic mass is 35.5. The standard InChI is InChI=1S/C16H24ClN/c1-16(2,3)13(11-18-15-8-9-15)10-12-4-6-14(17)7-5-12/h4-7,13,15,18H,8-11H2,1-3H3. The number of halogens is 1. The number of benzene rings is 1. The molecule has 0 spiro atoms. The molecule has 1 nitrogen and oxygen atoms in total. The Morgan fingerprint density at radius 1 is 1.22 bits per heavy atom. The van der Waals surface area contributed by atoms with E-state index in [9.17, 15) is 0 Å². The predicted molar refractivity (Wildman–Crippen MR) is 79.1 cm³/mol. The second-order valence-electron chi connectivity index (χ2n) is 6.58. The molecule has 1 aliphatic carbocycles. The van der Waals surface area contributed by atoms with E-state index in [-0.39, 0.29) is 0 Å². The summed E-state index contributed by atoms with van der Waals surface area (Å²) in [6, 6.07) is 9.08. The van der Waals surface area contributed by atoms with Gasteiger partial charge in [0.2, 0.25) is 0 Å². The summed E-state index contributed by atoms with van der Waals surface area (Å²) in [5.41, 5.74) is 1.72. The summed E-state index contributed by atoms with van der Waals surface area (Å²) >= 11 is 5.94. The first-order valence-electron chi connectivity index (χ1n) is 6.93. The van der Waals surface area contributed by atoms with Crippen LogP contribution < -0.4 is 5.32 Å². The van der Waals surface area contributed by atoms with Gasteiger partial charge in [-0.1, -0.05) is 44.5 Å². The fourth-order valence-electron chi connectivity index (χ4n) is 2.19. The highest BCUT2D eigenvalue weighted by Crippen LogP contribution is 2.30. The Kier molecular flexibility index (Phi) is 4.34. The van der Waals surface area contributed by atoms with Gasteiger partial charge in [0.15, 0.2) is 0 Å². The van der Waals surface area contributed by atoms with E-state index < -0.39 is 0 Å². The van der Waals surface area contributed by atoms with Crippen LogP contribution in [0, 0.1) is 11.3 Å². The molecule has 0 radical (unpaired) electrons. The van der Waals surface area contributed by atoms with Crippen molar-refractivity contribution in [3.8, 4) is 0 Å². The van der Waals surface area contributed by atoms with E-state index in [4.69, 9.17) is 11.6 Å². The van der Waals surface area contributed by atoms with Gasteiger partial charge in [-0.2, -0.15) is 0 Å². The van der Waals surface area contributed by atoms with Gasteiger partial charge >= 0.3 is 0 Å². The Morgan fingerprint density at radius 2 is 1.83 bits per heavy atom. The molecular formula is C16H24ClN. The molecule has 18 heavy (non-hydrogen) atoms. The van der Waals surface area contributed by atoms with E-state index in [0.29, 0.717) is 11.3 Å². The Balaban J connectivity index is 1.96. The van der Waals surface area contributed by atoms with E-state index in [0.717, 1.165) is 24.0 Å². The Bertz CT molecular complexity index is 373. The molecule has 1 N–H and O–H groups in total. The maximum absolute atomic E-state index is 5.94. The van der Waals surface area contributed by atoms with Gasteiger partial charge in [0, 0.05) is 11.1 Å². The van der Waals surface area contributed by atoms with E-state index in [1.165, 1.54) is 18.4 Å². The summed E-state index contributed by atoms with van der Waals surface area (Å²) in [6.07, 6.45) is 3.84. The summed E-state index contributed by atoms with van der Waals surface area (Å²) in [5.74, 6) is 0.666. The van der Waals surface area contributed by atoms with Crippen molar-refractivity contribution in [2.24, 2.45) is 11.3 Å². The summed E-state index contributed by atoms with van der Waals surface area (Å²) in [7, 11) is 0. The lowest BCUT2D eigenvalue weighted by Gasteiger charge is -2.31. The predicted octanol–water partition coefficient (Wildman–Crippen LogP) is 4.30. The summed E-state index contributed by atoms with van der Waals surface area (Å²) < 4.78 is 0. The lowest BCUT2D eigenvalue weighted by atomic mass is 9.77. The Labute approximate surface area is 116 Å². The zero-order chi connectivity index (χ0) is 13.2. The topological polar surface area (TPSA) is 12.0 Å². The molecule has 0 heterocycles. The average molecular weight is 266 g/mol. The molecular weight excluding hydrogens is 242 g/mol. The maximum atomic E-state index is 5.94. The minimum Gasteiger partial charge on any atom is -0.314 e. The van der Waals surface area contributed by atoms with Gasteiger partial charge in [-0.05, 0) is 54.8 Å². The fourth-order valence-corrected chi connectivity index (χ4v) is 2.31. The van der Waals surface area contributed by atoms with Gasteiger partial charge in [0.25, 0.3) is 0 Å².